The minimum absolute atomic E-state index is 0.607. The molecule has 0 aromatic carbocycles. The Morgan fingerprint density at radius 3 is 2.58 bits per heavy atom. The highest BCUT2D eigenvalue weighted by molar-refractivity contribution is 9.10. The molecule has 4 aliphatic rings. The number of alkyl halides is 1. The van der Waals surface area contributed by atoms with Crippen molar-refractivity contribution < 1.29 is 0 Å². The molecule has 0 aromatic heterocycles. The molecule has 0 heterocycles. The average Bonchev–Trinajstić information content (AvgIpc) is 1.77. The van der Waals surface area contributed by atoms with Crippen molar-refractivity contribution in [3.63, 3.8) is 0 Å². The maximum atomic E-state index is 3.93. The zero-order valence-electron chi connectivity index (χ0n) is 7.78. The summed E-state index contributed by atoms with van der Waals surface area (Å²) >= 11 is 3.93. The largest absolute Gasteiger partial charge is 0.0853 e. The van der Waals surface area contributed by atoms with Gasteiger partial charge in [0, 0.05) is 4.32 Å². The van der Waals surface area contributed by atoms with Crippen molar-refractivity contribution >= 4 is 15.9 Å². The summed E-state index contributed by atoms with van der Waals surface area (Å²) in [6.07, 6.45) is 9.04. The van der Waals surface area contributed by atoms with Crippen LogP contribution in [0.2, 0.25) is 0 Å². The van der Waals surface area contributed by atoms with E-state index >= 15 is 0 Å². The molecule has 2 atom stereocenters. The second-order valence-electron chi connectivity index (χ2n) is 5.82. The second kappa shape index (κ2) is 2.10. The molecule has 0 nitrogen and oxygen atoms in total. The van der Waals surface area contributed by atoms with Crippen LogP contribution in [-0.4, -0.2) is 4.32 Å². The highest BCUT2D eigenvalue weighted by atomic mass is 79.9. The van der Waals surface area contributed by atoms with Crippen molar-refractivity contribution in [1.82, 2.24) is 0 Å². The van der Waals surface area contributed by atoms with Crippen LogP contribution in [0.3, 0.4) is 0 Å². The fourth-order valence-corrected chi connectivity index (χ4v) is 6.22. The van der Waals surface area contributed by atoms with Crippen molar-refractivity contribution in [1.29, 1.82) is 0 Å². The van der Waals surface area contributed by atoms with Crippen LogP contribution in [-0.2, 0) is 0 Å². The minimum Gasteiger partial charge on any atom is -0.0853 e. The molecule has 0 radical (unpaired) electrons. The van der Waals surface area contributed by atoms with E-state index in [2.05, 4.69) is 22.9 Å². The number of hydrogen-bond donors (Lipinski definition) is 0. The van der Waals surface area contributed by atoms with E-state index in [1.54, 1.807) is 6.42 Å². The Labute approximate surface area is 83.2 Å². The first-order valence-corrected chi connectivity index (χ1v) is 6.08. The summed E-state index contributed by atoms with van der Waals surface area (Å²) in [6.45, 7) is 2.45. The Morgan fingerprint density at radius 1 is 1.17 bits per heavy atom. The molecule has 1 spiro atoms. The lowest BCUT2D eigenvalue weighted by Gasteiger charge is -2.64. The highest BCUT2D eigenvalue weighted by Gasteiger charge is 2.60. The molecule has 4 saturated carbocycles. The van der Waals surface area contributed by atoms with Crippen LogP contribution in [0.1, 0.15) is 45.4 Å². The summed E-state index contributed by atoms with van der Waals surface area (Å²) in [5.74, 6) is 2.08. The molecular weight excluding hydrogens is 212 g/mol. The Morgan fingerprint density at radius 2 is 1.92 bits per heavy atom. The van der Waals surface area contributed by atoms with Gasteiger partial charge in [0.05, 0.1) is 0 Å². The van der Waals surface area contributed by atoms with Crippen LogP contribution in [0.4, 0.5) is 0 Å². The predicted octanol–water partition coefficient (Wildman–Crippen LogP) is 3.74. The van der Waals surface area contributed by atoms with E-state index in [1.807, 2.05) is 0 Å². The fraction of sp³-hybridized carbons (Fsp3) is 1.00. The van der Waals surface area contributed by atoms with Crippen LogP contribution in [0, 0.1) is 17.3 Å². The van der Waals surface area contributed by atoms with Crippen molar-refractivity contribution in [2.45, 2.75) is 49.8 Å². The van der Waals surface area contributed by atoms with Crippen molar-refractivity contribution in [2.24, 2.45) is 17.3 Å². The highest BCUT2D eigenvalue weighted by Crippen LogP contribution is 2.69. The van der Waals surface area contributed by atoms with Gasteiger partial charge in [-0.05, 0) is 55.8 Å². The third-order valence-electron chi connectivity index (χ3n) is 4.28. The summed E-state index contributed by atoms with van der Waals surface area (Å²) < 4.78 is 0.607. The molecule has 0 N–H and O–H groups in total. The van der Waals surface area contributed by atoms with Gasteiger partial charge in [0.1, 0.15) is 0 Å². The molecule has 1 heteroatoms. The van der Waals surface area contributed by atoms with Crippen LogP contribution in [0.25, 0.3) is 0 Å². The van der Waals surface area contributed by atoms with E-state index in [0.29, 0.717) is 4.32 Å². The normalized spacial score (nSPS) is 62.5. The lowest BCUT2D eigenvalue weighted by Crippen LogP contribution is -2.57. The monoisotopic (exact) mass is 228 g/mol. The molecule has 0 amide bonds. The first kappa shape index (κ1) is 7.84. The van der Waals surface area contributed by atoms with Gasteiger partial charge in [0.25, 0.3) is 0 Å². The maximum absolute atomic E-state index is 3.93. The van der Waals surface area contributed by atoms with Crippen molar-refractivity contribution in [3.05, 3.63) is 0 Å². The molecule has 4 fully saturated rings. The van der Waals surface area contributed by atoms with Gasteiger partial charge in [-0.15, -0.1) is 0 Å². The van der Waals surface area contributed by atoms with E-state index in [1.165, 1.54) is 32.1 Å². The molecule has 2 unspecified atom stereocenters. The standard InChI is InChI=1S/C11H17Br/c1-8-2-9-4-10(3-8)6-11(12,5-9)7-10/h8-9H,2-7H2,1H3. The van der Waals surface area contributed by atoms with E-state index in [9.17, 15) is 0 Å². The van der Waals surface area contributed by atoms with Crippen LogP contribution in [0.5, 0.6) is 0 Å². The predicted molar refractivity (Wildman–Crippen MR) is 54.4 cm³/mol. The topological polar surface area (TPSA) is 0 Å². The quantitative estimate of drug-likeness (QED) is 0.555. The molecule has 3 bridgehead atoms. The van der Waals surface area contributed by atoms with E-state index in [4.69, 9.17) is 0 Å². The summed E-state index contributed by atoms with van der Waals surface area (Å²) in [6, 6.07) is 0. The number of hydrogen-bond acceptors (Lipinski definition) is 0. The van der Waals surface area contributed by atoms with Crippen LogP contribution < -0.4 is 0 Å². The summed E-state index contributed by atoms with van der Waals surface area (Å²) in [5, 5.41) is 0. The first-order valence-electron chi connectivity index (χ1n) is 5.28. The molecule has 4 rings (SSSR count). The van der Waals surface area contributed by atoms with Gasteiger partial charge < -0.3 is 0 Å². The van der Waals surface area contributed by atoms with Gasteiger partial charge >= 0.3 is 0 Å². The third-order valence-corrected chi connectivity index (χ3v) is 5.16. The lowest BCUT2D eigenvalue weighted by atomic mass is 9.45. The van der Waals surface area contributed by atoms with Gasteiger partial charge in [-0.25, -0.2) is 0 Å². The van der Waals surface area contributed by atoms with Crippen LogP contribution >= 0.6 is 15.9 Å². The van der Waals surface area contributed by atoms with E-state index in [-0.39, 0.29) is 0 Å². The summed E-state index contributed by atoms with van der Waals surface area (Å²) in [7, 11) is 0. The molecule has 68 valence electrons. The molecule has 0 aromatic rings. The van der Waals surface area contributed by atoms with Gasteiger partial charge in [-0.2, -0.15) is 0 Å². The van der Waals surface area contributed by atoms with Crippen LogP contribution in [0.15, 0.2) is 0 Å². The Balaban J connectivity index is 1.88. The zero-order chi connectivity index (χ0) is 8.40. The third kappa shape index (κ3) is 0.950. The zero-order valence-corrected chi connectivity index (χ0v) is 9.36. The molecule has 12 heavy (non-hydrogen) atoms. The van der Waals surface area contributed by atoms with Gasteiger partial charge in [-0.1, -0.05) is 22.9 Å². The smallest absolute Gasteiger partial charge is 0.0271 e. The van der Waals surface area contributed by atoms with Gasteiger partial charge in [-0.3, -0.25) is 0 Å². The molecule has 0 saturated heterocycles. The van der Waals surface area contributed by atoms with Gasteiger partial charge in [0.2, 0.25) is 0 Å². The number of halogens is 1. The maximum Gasteiger partial charge on any atom is 0.0271 e. The minimum atomic E-state index is 0.607. The summed E-state index contributed by atoms with van der Waals surface area (Å²) in [4.78, 5) is 0. The lowest BCUT2D eigenvalue weighted by molar-refractivity contribution is -0.0674. The Kier molecular flexibility index (Phi) is 1.38. The van der Waals surface area contributed by atoms with E-state index in [0.717, 1.165) is 17.3 Å². The van der Waals surface area contributed by atoms with Crippen molar-refractivity contribution in [2.75, 3.05) is 0 Å². The Bertz CT molecular complexity index is 196. The average molecular weight is 229 g/mol. The van der Waals surface area contributed by atoms with Gasteiger partial charge in [0.15, 0.2) is 0 Å². The summed E-state index contributed by atoms with van der Waals surface area (Å²) in [5.41, 5.74) is 0.810. The molecular formula is C11H17Br. The number of rotatable bonds is 0. The SMILES string of the molecule is CC1CC2CC3(Br)CC(C1)(C2)C3. The second-order valence-corrected chi connectivity index (χ2v) is 7.51. The van der Waals surface area contributed by atoms with E-state index < -0.39 is 0 Å². The Hall–Kier alpha value is 0.480. The first-order chi connectivity index (χ1) is 5.59. The molecule has 4 aliphatic carbocycles. The molecule has 0 aliphatic heterocycles. The fourth-order valence-electron chi connectivity index (χ4n) is 4.57. The van der Waals surface area contributed by atoms with Crippen molar-refractivity contribution in [3.8, 4) is 0 Å².